The monoisotopic (exact) mass is 351 g/mol. The van der Waals surface area contributed by atoms with Crippen LogP contribution in [-0.2, 0) is 4.74 Å². The summed E-state index contributed by atoms with van der Waals surface area (Å²) in [5.74, 6) is 0.793. The van der Waals surface area contributed by atoms with Crippen LogP contribution in [-0.4, -0.2) is 25.9 Å². The van der Waals surface area contributed by atoms with Gasteiger partial charge in [0.1, 0.15) is 18.5 Å². The van der Waals surface area contributed by atoms with Gasteiger partial charge in [0.2, 0.25) is 0 Å². The van der Waals surface area contributed by atoms with Crippen molar-refractivity contribution in [1.29, 1.82) is 0 Å². The van der Waals surface area contributed by atoms with Gasteiger partial charge in [-0.05, 0) is 41.1 Å². The molecule has 1 rings (SSSR count). The smallest absolute Gasteiger partial charge is 0.133 e. The van der Waals surface area contributed by atoms with E-state index in [1.54, 1.807) is 0 Å². The van der Waals surface area contributed by atoms with E-state index in [1.165, 1.54) is 0 Å². The summed E-state index contributed by atoms with van der Waals surface area (Å²) in [6.45, 7) is 3.51. The fourth-order valence-corrected chi connectivity index (χ4v) is 2.36. The van der Waals surface area contributed by atoms with E-state index in [9.17, 15) is 0 Å². The molecule has 0 saturated carbocycles. The summed E-state index contributed by atoms with van der Waals surface area (Å²) >= 11 is 6.82. The molecule has 0 heterocycles. The van der Waals surface area contributed by atoms with Crippen molar-refractivity contribution < 1.29 is 9.47 Å². The number of benzene rings is 1. The van der Waals surface area contributed by atoms with Crippen molar-refractivity contribution in [3.05, 3.63) is 27.1 Å². The zero-order valence-electron chi connectivity index (χ0n) is 9.08. The van der Waals surface area contributed by atoms with Crippen LogP contribution < -0.4 is 10.5 Å². The quantitative estimate of drug-likeness (QED) is 0.856. The third-order valence-corrected chi connectivity index (χ3v) is 3.10. The van der Waals surface area contributed by atoms with Crippen LogP contribution in [0.5, 0.6) is 5.75 Å². The molecular weight excluding hydrogens is 338 g/mol. The van der Waals surface area contributed by atoms with Crippen molar-refractivity contribution in [2.75, 3.05) is 19.8 Å². The minimum atomic E-state index is -0.0550. The minimum absolute atomic E-state index is 0.0550. The molecule has 0 aliphatic rings. The Morgan fingerprint density at radius 1 is 1.38 bits per heavy atom. The average Bonchev–Trinajstić information content (AvgIpc) is 2.26. The molecule has 0 radical (unpaired) electrons. The van der Waals surface area contributed by atoms with Gasteiger partial charge in [-0.3, -0.25) is 0 Å². The number of hydrogen-bond acceptors (Lipinski definition) is 3. The summed E-state index contributed by atoms with van der Waals surface area (Å²) in [6, 6.07) is 5.76. The van der Waals surface area contributed by atoms with Crippen molar-refractivity contribution >= 4 is 31.9 Å². The Kier molecular flexibility index (Phi) is 6.34. The molecule has 1 aromatic rings. The van der Waals surface area contributed by atoms with Crippen molar-refractivity contribution in [3.8, 4) is 5.75 Å². The van der Waals surface area contributed by atoms with E-state index in [1.807, 2.05) is 25.1 Å². The molecule has 0 bridgehead atoms. The fourth-order valence-electron chi connectivity index (χ4n) is 1.19. The number of halogens is 2. The molecule has 5 heteroatoms. The molecule has 0 aromatic heterocycles. The first kappa shape index (κ1) is 14.0. The highest BCUT2D eigenvalue weighted by atomic mass is 79.9. The van der Waals surface area contributed by atoms with Crippen molar-refractivity contribution in [2.24, 2.45) is 5.73 Å². The Morgan fingerprint density at radius 2 is 2.12 bits per heavy atom. The lowest BCUT2D eigenvalue weighted by Gasteiger charge is -2.16. The first-order valence-corrected chi connectivity index (χ1v) is 6.65. The van der Waals surface area contributed by atoms with Crippen LogP contribution in [0.1, 0.15) is 6.92 Å². The maximum absolute atomic E-state index is 5.62. The highest BCUT2D eigenvalue weighted by molar-refractivity contribution is 9.11. The maximum Gasteiger partial charge on any atom is 0.133 e. The van der Waals surface area contributed by atoms with Gasteiger partial charge in [0, 0.05) is 17.6 Å². The molecule has 0 spiro atoms. The topological polar surface area (TPSA) is 44.5 Å². The molecule has 16 heavy (non-hydrogen) atoms. The zero-order valence-corrected chi connectivity index (χ0v) is 12.3. The average molecular weight is 353 g/mol. The van der Waals surface area contributed by atoms with Gasteiger partial charge >= 0.3 is 0 Å². The van der Waals surface area contributed by atoms with Gasteiger partial charge in [0.25, 0.3) is 0 Å². The van der Waals surface area contributed by atoms with Gasteiger partial charge in [-0.1, -0.05) is 15.9 Å². The van der Waals surface area contributed by atoms with Crippen molar-refractivity contribution in [1.82, 2.24) is 0 Å². The molecule has 1 unspecified atom stereocenters. The number of ether oxygens (including phenoxy) is 2. The number of nitrogens with two attached hydrogens (primary N) is 1. The summed E-state index contributed by atoms with van der Waals surface area (Å²) in [4.78, 5) is 0. The predicted octanol–water partition coefficient (Wildman–Crippen LogP) is 2.95. The maximum atomic E-state index is 5.62. The Bertz CT molecular complexity index is 334. The van der Waals surface area contributed by atoms with Crippen LogP contribution in [0.3, 0.4) is 0 Å². The lowest BCUT2D eigenvalue weighted by molar-refractivity contribution is 0.0335. The molecule has 0 aliphatic heterocycles. The van der Waals surface area contributed by atoms with E-state index in [4.69, 9.17) is 15.2 Å². The fraction of sp³-hybridized carbons (Fsp3) is 0.455. The third-order valence-electron chi connectivity index (χ3n) is 1.98. The largest absolute Gasteiger partial charge is 0.490 e. The van der Waals surface area contributed by atoms with E-state index in [2.05, 4.69) is 31.9 Å². The highest BCUT2D eigenvalue weighted by Crippen LogP contribution is 2.28. The van der Waals surface area contributed by atoms with Gasteiger partial charge in [-0.15, -0.1) is 0 Å². The standard InChI is InChI=1S/C11H15Br2NO2/c1-2-15-9(6-14)7-16-11-4-3-8(12)5-10(11)13/h3-5,9H,2,6-7,14H2,1H3. The Hall–Kier alpha value is -0.100. The Labute approximate surface area is 113 Å². The number of rotatable bonds is 6. The van der Waals surface area contributed by atoms with Crippen LogP contribution >= 0.6 is 31.9 Å². The lowest BCUT2D eigenvalue weighted by Crippen LogP contribution is -2.30. The van der Waals surface area contributed by atoms with Gasteiger partial charge < -0.3 is 15.2 Å². The summed E-state index contributed by atoms with van der Waals surface area (Å²) < 4.78 is 12.9. The van der Waals surface area contributed by atoms with Gasteiger partial charge in [-0.2, -0.15) is 0 Å². The van der Waals surface area contributed by atoms with E-state index < -0.39 is 0 Å². The summed E-state index contributed by atoms with van der Waals surface area (Å²) in [7, 11) is 0. The van der Waals surface area contributed by atoms with E-state index in [-0.39, 0.29) is 6.10 Å². The first-order chi connectivity index (χ1) is 7.67. The van der Waals surface area contributed by atoms with Gasteiger partial charge in [-0.25, -0.2) is 0 Å². The SMILES string of the molecule is CCOC(CN)COc1ccc(Br)cc1Br. The molecule has 3 nitrogen and oxygen atoms in total. The van der Waals surface area contributed by atoms with Crippen LogP contribution in [0.2, 0.25) is 0 Å². The predicted molar refractivity (Wildman–Crippen MR) is 71.8 cm³/mol. The second kappa shape index (κ2) is 7.27. The highest BCUT2D eigenvalue weighted by Gasteiger charge is 2.08. The second-order valence-electron chi connectivity index (χ2n) is 3.20. The van der Waals surface area contributed by atoms with Crippen LogP contribution in [0, 0.1) is 0 Å². The van der Waals surface area contributed by atoms with E-state index in [0.29, 0.717) is 19.8 Å². The summed E-state index contributed by atoms with van der Waals surface area (Å²) in [6.07, 6.45) is -0.0550. The molecule has 2 N–H and O–H groups in total. The molecule has 0 aliphatic carbocycles. The second-order valence-corrected chi connectivity index (χ2v) is 4.97. The first-order valence-electron chi connectivity index (χ1n) is 5.07. The molecule has 0 fully saturated rings. The summed E-state index contributed by atoms with van der Waals surface area (Å²) in [5.41, 5.74) is 5.56. The molecule has 1 atom stereocenters. The molecule has 1 aromatic carbocycles. The lowest BCUT2D eigenvalue weighted by atomic mass is 10.3. The van der Waals surface area contributed by atoms with Crippen molar-refractivity contribution in [2.45, 2.75) is 13.0 Å². The molecule has 0 amide bonds. The normalized spacial score (nSPS) is 12.5. The van der Waals surface area contributed by atoms with E-state index >= 15 is 0 Å². The molecular formula is C11H15Br2NO2. The van der Waals surface area contributed by atoms with Crippen LogP contribution in [0.15, 0.2) is 27.1 Å². The van der Waals surface area contributed by atoms with Crippen molar-refractivity contribution in [3.63, 3.8) is 0 Å². The molecule has 90 valence electrons. The van der Waals surface area contributed by atoms with E-state index in [0.717, 1.165) is 14.7 Å². The zero-order chi connectivity index (χ0) is 12.0. The molecule has 0 saturated heterocycles. The Balaban J connectivity index is 2.53. The van der Waals surface area contributed by atoms with Gasteiger partial charge in [0.15, 0.2) is 0 Å². The minimum Gasteiger partial charge on any atom is -0.490 e. The van der Waals surface area contributed by atoms with Crippen LogP contribution in [0.25, 0.3) is 0 Å². The number of hydrogen-bond donors (Lipinski definition) is 1. The Morgan fingerprint density at radius 3 is 2.69 bits per heavy atom. The summed E-state index contributed by atoms with van der Waals surface area (Å²) in [5, 5.41) is 0. The van der Waals surface area contributed by atoms with Crippen LogP contribution in [0.4, 0.5) is 0 Å². The third kappa shape index (κ3) is 4.41. The van der Waals surface area contributed by atoms with Gasteiger partial charge in [0.05, 0.1) is 4.47 Å².